The van der Waals surface area contributed by atoms with Crippen LogP contribution in [0.25, 0.3) is 0 Å². The van der Waals surface area contributed by atoms with Gasteiger partial charge in [-0.1, -0.05) is 6.42 Å². The summed E-state index contributed by atoms with van der Waals surface area (Å²) in [6.07, 6.45) is 3.39. The van der Waals surface area contributed by atoms with Gasteiger partial charge < -0.3 is 21.1 Å². The van der Waals surface area contributed by atoms with E-state index in [0.29, 0.717) is 5.75 Å². The lowest BCUT2D eigenvalue weighted by molar-refractivity contribution is -0.137. The van der Waals surface area contributed by atoms with E-state index < -0.39 is 12.0 Å². The molecule has 0 bridgehead atoms. The number of hydrogen-bond acceptors (Lipinski definition) is 7. The highest BCUT2D eigenvalue weighted by Gasteiger charge is 2.17. The first-order valence-electron chi connectivity index (χ1n) is 9.35. The largest absolute Gasteiger partial charge is 0.480 e. The van der Waals surface area contributed by atoms with Gasteiger partial charge >= 0.3 is 5.97 Å². The third-order valence-corrected chi connectivity index (χ3v) is 5.12. The molecule has 0 heterocycles. The molecule has 5 nitrogen and oxygen atoms in total. The molecule has 0 saturated carbocycles. The van der Waals surface area contributed by atoms with Crippen molar-refractivity contribution in [2.45, 2.75) is 62.5 Å². The summed E-state index contributed by atoms with van der Waals surface area (Å²) < 4.78 is 0.000128. The van der Waals surface area contributed by atoms with Crippen LogP contribution in [0.3, 0.4) is 0 Å². The van der Waals surface area contributed by atoms with E-state index >= 15 is 0 Å². The van der Waals surface area contributed by atoms with Crippen molar-refractivity contribution in [2.24, 2.45) is 5.73 Å². The van der Waals surface area contributed by atoms with Crippen molar-refractivity contribution < 1.29 is 9.90 Å². The summed E-state index contributed by atoms with van der Waals surface area (Å²) in [4.78, 5) is 13.1. The van der Waals surface area contributed by atoms with Crippen LogP contribution in [-0.4, -0.2) is 75.7 Å². The third kappa shape index (κ3) is 17.8. The zero-order valence-corrected chi connectivity index (χ0v) is 19.4. The van der Waals surface area contributed by atoms with Crippen molar-refractivity contribution in [2.75, 3.05) is 44.2 Å². The van der Waals surface area contributed by atoms with Crippen LogP contribution in [0.15, 0.2) is 0 Å². The SMILES string of the molecule is CC(C)(S)CNCCN(CCCCCSC[C@H](N)C(=O)O)CC(C)(C)S. The highest BCUT2D eigenvalue weighted by molar-refractivity contribution is 7.99. The van der Waals surface area contributed by atoms with Gasteiger partial charge in [-0.15, -0.1) is 0 Å². The molecule has 0 spiro atoms. The van der Waals surface area contributed by atoms with E-state index in [1.807, 2.05) is 0 Å². The molecule has 0 saturated heterocycles. The number of hydrogen-bond donors (Lipinski definition) is 5. The van der Waals surface area contributed by atoms with Crippen LogP contribution in [0, 0.1) is 0 Å². The number of thioether (sulfide) groups is 1. The van der Waals surface area contributed by atoms with Crippen molar-refractivity contribution in [3.8, 4) is 0 Å². The first-order valence-corrected chi connectivity index (χ1v) is 11.4. The maximum atomic E-state index is 10.7. The van der Waals surface area contributed by atoms with Gasteiger partial charge in [0, 0.05) is 41.4 Å². The van der Waals surface area contributed by atoms with Gasteiger partial charge in [-0.3, -0.25) is 4.79 Å². The molecule has 0 aliphatic rings. The number of carboxylic acids is 1. The van der Waals surface area contributed by atoms with E-state index in [-0.39, 0.29) is 9.49 Å². The molecular weight excluding hydrogens is 386 g/mol. The molecule has 8 heteroatoms. The highest BCUT2D eigenvalue weighted by Crippen LogP contribution is 2.15. The van der Waals surface area contributed by atoms with Crippen molar-refractivity contribution >= 4 is 43.0 Å². The monoisotopic (exact) mass is 425 g/mol. The predicted octanol–water partition coefficient (Wildman–Crippen LogP) is 2.61. The van der Waals surface area contributed by atoms with Gasteiger partial charge in [0.05, 0.1) is 0 Å². The second kappa shape index (κ2) is 13.6. The average molecular weight is 426 g/mol. The summed E-state index contributed by atoms with van der Waals surface area (Å²) in [6.45, 7) is 13.4. The zero-order valence-electron chi connectivity index (χ0n) is 16.8. The van der Waals surface area contributed by atoms with Crippen LogP contribution >= 0.6 is 37.0 Å². The summed E-state index contributed by atoms with van der Waals surface area (Å²) in [5.74, 6) is 0.539. The number of unbranched alkanes of at least 4 members (excludes halogenated alkanes) is 2. The Morgan fingerprint density at radius 3 is 2.35 bits per heavy atom. The molecule has 0 amide bonds. The van der Waals surface area contributed by atoms with Crippen LogP contribution in [0.5, 0.6) is 0 Å². The number of carboxylic acid groups (broad SMARTS) is 1. The second-order valence-electron chi connectivity index (χ2n) is 8.16. The van der Waals surface area contributed by atoms with Gasteiger partial charge in [0.1, 0.15) is 6.04 Å². The maximum Gasteiger partial charge on any atom is 0.321 e. The first-order chi connectivity index (χ1) is 11.9. The molecule has 156 valence electrons. The zero-order chi connectivity index (χ0) is 20.2. The quantitative estimate of drug-likeness (QED) is 0.193. The van der Waals surface area contributed by atoms with E-state index in [2.05, 4.69) is 63.2 Å². The van der Waals surface area contributed by atoms with Gasteiger partial charge in [-0.05, 0) is 52.8 Å². The van der Waals surface area contributed by atoms with Crippen molar-refractivity contribution in [3.63, 3.8) is 0 Å². The summed E-state index contributed by atoms with van der Waals surface area (Å²) in [5.41, 5.74) is 5.50. The molecule has 0 aromatic heterocycles. The van der Waals surface area contributed by atoms with Gasteiger partial charge in [-0.2, -0.15) is 37.0 Å². The van der Waals surface area contributed by atoms with Gasteiger partial charge in [0.25, 0.3) is 0 Å². The Morgan fingerprint density at radius 1 is 1.15 bits per heavy atom. The molecule has 4 N–H and O–H groups in total. The minimum absolute atomic E-state index is 0.00829. The lowest BCUT2D eigenvalue weighted by atomic mass is 10.1. The van der Waals surface area contributed by atoms with E-state index in [1.165, 1.54) is 0 Å². The molecule has 0 aromatic carbocycles. The smallest absolute Gasteiger partial charge is 0.321 e. The average Bonchev–Trinajstić information content (AvgIpc) is 2.47. The van der Waals surface area contributed by atoms with Crippen LogP contribution in [0.4, 0.5) is 0 Å². The van der Waals surface area contributed by atoms with E-state index in [0.717, 1.165) is 57.7 Å². The van der Waals surface area contributed by atoms with E-state index in [1.54, 1.807) is 11.8 Å². The number of nitrogens with two attached hydrogens (primary N) is 1. The fraction of sp³-hybridized carbons (Fsp3) is 0.944. The molecule has 0 rings (SSSR count). The minimum Gasteiger partial charge on any atom is -0.480 e. The Labute approximate surface area is 175 Å². The lowest BCUT2D eigenvalue weighted by Crippen LogP contribution is -2.41. The highest BCUT2D eigenvalue weighted by atomic mass is 32.2. The van der Waals surface area contributed by atoms with Crippen LogP contribution in [0.2, 0.25) is 0 Å². The molecule has 0 aliphatic carbocycles. The summed E-state index contributed by atoms with van der Waals surface area (Å²) in [7, 11) is 0. The fourth-order valence-corrected chi connectivity index (χ4v) is 3.73. The summed E-state index contributed by atoms with van der Waals surface area (Å²) in [6, 6.07) is -0.747. The Balaban J connectivity index is 3.95. The van der Waals surface area contributed by atoms with Gasteiger partial charge in [0.15, 0.2) is 0 Å². The Morgan fingerprint density at radius 2 is 1.81 bits per heavy atom. The Bertz CT molecular complexity index is 385. The Kier molecular flexibility index (Phi) is 13.8. The normalized spacial score (nSPS) is 14.0. The third-order valence-electron chi connectivity index (χ3n) is 3.65. The van der Waals surface area contributed by atoms with Gasteiger partial charge in [-0.25, -0.2) is 0 Å². The molecule has 26 heavy (non-hydrogen) atoms. The van der Waals surface area contributed by atoms with Crippen LogP contribution in [0.1, 0.15) is 47.0 Å². The summed E-state index contributed by atoms with van der Waals surface area (Å²) >= 11 is 10.8. The number of carbonyl (C=O) groups is 1. The molecule has 1 atom stereocenters. The number of aliphatic carboxylic acids is 1. The first kappa shape index (κ1) is 26.4. The number of rotatable bonds is 16. The lowest BCUT2D eigenvalue weighted by Gasteiger charge is -2.30. The second-order valence-corrected chi connectivity index (χ2v) is 11.7. The van der Waals surface area contributed by atoms with Crippen LogP contribution < -0.4 is 11.1 Å². The fourth-order valence-electron chi connectivity index (χ4n) is 2.45. The molecule has 0 unspecified atom stereocenters. The number of nitrogens with one attached hydrogen (secondary N) is 1. The standard InChI is InChI=1S/C18H39N3O2S3/c1-17(2,24)13-20-8-10-21(14-18(3,4)25)9-6-5-7-11-26-12-15(19)16(22)23/h15,20,24-25H,5-14,19H2,1-4H3,(H,22,23)/t15-/m0/s1. The van der Waals surface area contributed by atoms with E-state index in [9.17, 15) is 4.79 Å². The Hall–Kier alpha value is 0.400. The van der Waals surface area contributed by atoms with E-state index in [4.69, 9.17) is 10.8 Å². The van der Waals surface area contributed by atoms with Gasteiger partial charge in [0.2, 0.25) is 0 Å². The van der Waals surface area contributed by atoms with Crippen molar-refractivity contribution in [1.29, 1.82) is 0 Å². The molecule has 0 aromatic rings. The maximum absolute atomic E-state index is 10.7. The number of nitrogens with zero attached hydrogens (tertiary/aromatic N) is 1. The van der Waals surface area contributed by atoms with Crippen LogP contribution in [-0.2, 0) is 4.79 Å². The topological polar surface area (TPSA) is 78.6 Å². The molecule has 0 fully saturated rings. The molecule has 0 radical (unpaired) electrons. The molecule has 0 aliphatic heterocycles. The summed E-state index contributed by atoms with van der Waals surface area (Å²) in [5, 5.41) is 12.2. The minimum atomic E-state index is -0.919. The molecular formula is C18H39N3O2S3. The number of thiol groups is 2. The predicted molar refractivity (Wildman–Crippen MR) is 122 cm³/mol. The van der Waals surface area contributed by atoms with Crippen molar-refractivity contribution in [3.05, 3.63) is 0 Å². The van der Waals surface area contributed by atoms with Crippen molar-refractivity contribution in [1.82, 2.24) is 10.2 Å².